The number of nitriles is 1. The standard InChI is InChI=1S/C23H18ClN5OS2/c1-14-15(2)32-22(19(14)12-25)26-20(30)13-31-23-28-27-21(16-8-10-17(24)11-9-16)29(23)18-6-4-3-5-7-18/h3-11H,13H2,1-2H3,(H,26,30). The van der Waals surface area contributed by atoms with Crippen LogP contribution >= 0.6 is 34.7 Å². The highest BCUT2D eigenvalue weighted by molar-refractivity contribution is 7.99. The summed E-state index contributed by atoms with van der Waals surface area (Å²) in [5, 5.41) is 22.8. The molecule has 0 radical (unpaired) electrons. The van der Waals surface area contributed by atoms with Gasteiger partial charge in [-0.3, -0.25) is 9.36 Å². The molecule has 0 aliphatic carbocycles. The Bertz CT molecular complexity index is 1310. The molecule has 1 N–H and O–H groups in total. The molecule has 2 aromatic carbocycles. The third-order valence-corrected chi connectivity index (χ3v) is 7.14. The summed E-state index contributed by atoms with van der Waals surface area (Å²) in [4.78, 5) is 13.6. The summed E-state index contributed by atoms with van der Waals surface area (Å²) < 4.78 is 1.92. The van der Waals surface area contributed by atoms with Crippen LogP contribution in [-0.2, 0) is 4.79 Å². The highest BCUT2D eigenvalue weighted by atomic mass is 35.5. The number of rotatable bonds is 6. The molecule has 0 saturated heterocycles. The summed E-state index contributed by atoms with van der Waals surface area (Å²) in [5.41, 5.74) is 3.17. The highest BCUT2D eigenvalue weighted by Crippen LogP contribution is 2.32. The van der Waals surface area contributed by atoms with E-state index < -0.39 is 0 Å². The Morgan fingerprint density at radius 1 is 1.16 bits per heavy atom. The zero-order chi connectivity index (χ0) is 22.7. The van der Waals surface area contributed by atoms with E-state index in [1.807, 2.05) is 60.9 Å². The van der Waals surface area contributed by atoms with E-state index in [1.165, 1.54) is 23.1 Å². The number of halogens is 1. The van der Waals surface area contributed by atoms with E-state index in [1.54, 1.807) is 12.1 Å². The van der Waals surface area contributed by atoms with Crippen molar-refractivity contribution in [1.29, 1.82) is 5.26 Å². The van der Waals surface area contributed by atoms with Crippen molar-refractivity contribution in [1.82, 2.24) is 14.8 Å². The lowest BCUT2D eigenvalue weighted by Gasteiger charge is -2.10. The second kappa shape index (κ2) is 9.57. The van der Waals surface area contributed by atoms with Crippen LogP contribution in [0.3, 0.4) is 0 Å². The molecule has 1 amide bonds. The minimum atomic E-state index is -0.205. The van der Waals surface area contributed by atoms with Crippen LogP contribution in [-0.4, -0.2) is 26.4 Å². The lowest BCUT2D eigenvalue weighted by Crippen LogP contribution is -2.14. The highest BCUT2D eigenvalue weighted by Gasteiger charge is 2.19. The van der Waals surface area contributed by atoms with Gasteiger partial charge in [0, 0.05) is 21.2 Å². The molecule has 0 aliphatic heterocycles. The van der Waals surface area contributed by atoms with Crippen LogP contribution in [0.2, 0.25) is 5.02 Å². The number of carbonyl (C=O) groups is 1. The smallest absolute Gasteiger partial charge is 0.235 e. The number of nitrogens with zero attached hydrogens (tertiary/aromatic N) is 4. The fourth-order valence-corrected chi connectivity index (χ4v) is 5.01. The Kier molecular flexibility index (Phi) is 6.61. The van der Waals surface area contributed by atoms with Gasteiger partial charge in [-0.15, -0.1) is 21.5 Å². The third-order valence-electron chi connectivity index (χ3n) is 4.83. The second-order valence-corrected chi connectivity index (χ2v) is 9.52. The van der Waals surface area contributed by atoms with Crippen LogP contribution in [0.5, 0.6) is 0 Å². The van der Waals surface area contributed by atoms with Gasteiger partial charge in [0.1, 0.15) is 11.1 Å². The van der Waals surface area contributed by atoms with Crippen LogP contribution in [0.4, 0.5) is 5.00 Å². The van der Waals surface area contributed by atoms with E-state index in [9.17, 15) is 10.1 Å². The van der Waals surface area contributed by atoms with Crippen LogP contribution < -0.4 is 5.32 Å². The van der Waals surface area contributed by atoms with E-state index in [0.29, 0.717) is 26.6 Å². The van der Waals surface area contributed by atoms with Crippen molar-refractivity contribution in [3.8, 4) is 23.1 Å². The number of hydrogen-bond donors (Lipinski definition) is 1. The first-order valence-corrected chi connectivity index (χ1v) is 11.9. The SMILES string of the molecule is Cc1sc(NC(=O)CSc2nnc(-c3ccc(Cl)cc3)n2-c2ccccc2)c(C#N)c1C. The maximum atomic E-state index is 12.6. The minimum Gasteiger partial charge on any atom is -0.316 e. The second-order valence-electron chi connectivity index (χ2n) is 6.92. The molecule has 0 spiro atoms. The fourth-order valence-electron chi connectivity index (χ4n) is 3.10. The zero-order valence-electron chi connectivity index (χ0n) is 17.3. The molecule has 2 aromatic heterocycles. The van der Waals surface area contributed by atoms with Gasteiger partial charge in [-0.1, -0.05) is 41.6 Å². The molecule has 4 rings (SSSR count). The van der Waals surface area contributed by atoms with E-state index in [4.69, 9.17) is 11.6 Å². The molecule has 0 bridgehead atoms. The van der Waals surface area contributed by atoms with E-state index in [2.05, 4.69) is 21.6 Å². The molecular weight excluding hydrogens is 462 g/mol. The number of nitrogens with one attached hydrogen (secondary N) is 1. The average Bonchev–Trinajstić information content (AvgIpc) is 3.34. The fraction of sp³-hybridized carbons (Fsp3) is 0.130. The molecule has 160 valence electrons. The first-order valence-electron chi connectivity index (χ1n) is 9.67. The van der Waals surface area contributed by atoms with Crippen molar-refractivity contribution >= 4 is 45.6 Å². The van der Waals surface area contributed by atoms with Gasteiger partial charge < -0.3 is 5.32 Å². The predicted octanol–water partition coefficient (Wildman–Crippen LogP) is 5.87. The van der Waals surface area contributed by atoms with Gasteiger partial charge in [-0.25, -0.2) is 0 Å². The van der Waals surface area contributed by atoms with Crippen molar-refractivity contribution < 1.29 is 4.79 Å². The van der Waals surface area contributed by atoms with E-state index in [-0.39, 0.29) is 11.7 Å². The molecule has 0 aliphatic rings. The van der Waals surface area contributed by atoms with E-state index >= 15 is 0 Å². The monoisotopic (exact) mass is 479 g/mol. The third kappa shape index (κ3) is 4.55. The van der Waals surface area contributed by atoms with Gasteiger partial charge in [0.05, 0.1) is 11.3 Å². The number of aryl methyl sites for hydroxylation is 1. The molecule has 2 heterocycles. The Hall–Kier alpha value is -3.12. The molecule has 0 fully saturated rings. The van der Waals surface area contributed by atoms with Gasteiger partial charge in [0.25, 0.3) is 0 Å². The van der Waals surface area contributed by atoms with Crippen molar-refractivity contribution in [2.24, 2.45) is 0 Å². The molecule has 4 aromatic rings. The molecule has 6 nitrogen and oxygen atoms in total. The molecule has 9 heteroatoms. The number of thiophene rings is 1. The molecule has 0 atom stereocenters. The minimum absolute atomic E-state index is 0.131. The van der Waals surface area contributed by atoms with Crippen LogP contribution in [0, 0.1) is 25.2 Å². The molecular formula is C23H18ClN5OS2. The first kappa shape index (κ1) is 22.1. The van der Waals surface area contributed by atoms with Crippen LogP contribution in [0.1, 0.15) is 16.0 Å². The van der Waals surface area contributed by atoms with Crippen molar-refractivity contribution in [3.05, 3.63) is 75.6 Å². The molecule has 0 unspecified atom stereocenters. The lowest BCUT2D eigenvalue weighted by molar-refractivity contribution is -0.113. The number of carbonyl (C=O) groups excluding carboxylic acids is 1. The summed E-state index contributed by atoms with van der Waals surface area (Å²) in [6.45, 7) is 3.82. The summed E-state index contributed by atoms with van der Waals surface area (Å²) >= 11 is 8.73. The number of anilines is 1. The normalized spacial score (nSPS) is 10.7. The zero-order valence-corrected chi connectivity index (χ0v) is 19.7. The topological polar surface area (TPSA) is 83.6 Å². The Labute approximate surface area is 198 Å². The molecule has 0 saturated carbocycles. The maximum Gasteiger partial charge on any atom is 0.235 e. The Balaban J connectivity index is 1.59. The predicted molar refractivity (Wildman–Crippen MR) is 130 cm³/mol. The quantitative estimate of drug-likeness (QED) is 0.350. The first-order chi connectivity index (χ1) is 15.5. The largest absolute Gasteiger partial charge is 0.316 e. The number of para-hydroxylation sites is 1. The number of thioether (sulfide) groups is 1. The summed E-state index contributed by atoms with van der Waals surface area (Å²) in [6.07, 6.45) is 0. The van der Waals surface area contributed by atoms with Crippen LogP contribution in [0.25, 0.3) is 17.1 Å². The summed E-state index contributed by atoms with van der Waals surface area (Å²) in [6, 6.07) is 19.3. The average molecular weight is 480 g/mol. The maximum absolute atomic E-state index is 12.6. The van der Waals surface area contributed by atoms with E-state index in [0.717, 1.165) is 21.7 Å². The van der Waals surface area contributed by atoms with Crippen molar-refractivity contribution in [2.45, 2.75) is 19.0 Å². The summed E-state index contributed by atoms with van der Waals surface area (Å²) in [7, 11) is 0. The van der Waals surface area contributed by atoms with Crippen LogP contribution in [0.15, 0.2) is 59.8 Å². The van der Waals surface area contributed by atoms with Gasteiger partial charge in [-0.2, -0.15) is 5.26 Å². The number of hydrogen-bond acceptors (Lipinski definition) is 6. The molecule has 32 heavy (non-hydrogen) atoms. The Morgan fingerprint density at radius 2 is 1.88 bits per heavy atom. The number of benzene rings is 2. The van der Waals surface area contributed by atoms with Gasteiger partial charge in [0.2, 0.25) is 5.91 Å². The number of aromatic nitrogens is 3. The number of amides is 1. The van der Waals surface area contributed by atoms with Crippen molar-refractivity contribution in [3.63, 3.8) is 0 Å². The van der Waals surface area contributed by atoms with Gasteiger partial charge in [0.15, 0.2) is 11.0 Å². The van der Waals surface area contributed by atoms with Gasteiger partial charge >= 0.3 is 0 Å². The lowest BCUT2D eigenvalue weighted by atomic mass is 10.2. The van der Waals surface area contributed by atoms with Crippen molar-refractivity contribution in [2.75, 3.05) is 11.1 Å². The van der Waals surface area contributed by atoms with Gasteiger partial charge in [-0.05, 0) is 55.8 Å². The Morgan fingerprint density at radius 3 is 2.56 bits per heavy atom. The summed E-state index contributed by atoms with van der Waals surface area (Å²) in [5.74, 6) is 0.586.